The van der Waals surface area contributed by atoms with Crippen LogP contribution in [0.3, 0.4) is 0 Å². The Kier molecular flexibility index (Phi) is 5.17. The summed E-state index contributed by atoms with van der Waals surface area (Å²) in [5, 5.41) is -0.395. The van der Waals surface area contributed by atoms with Crippen LogP contribution < -0.4 is 0 Å². The molecule has 4 nitrogen and oxygen atoms in total. The number of rotatable bonds is 5. The third-order valence-corrected chi connectivity index (χ3v) is 5.87. The molecular weight excluding hydrogens is 288 g/mol. The molecule has 1 fully saturated rings. The number of carbonyl (C=O) groups excluding carboxylic acids is 1. The van der Waals surface area contributed by atoms with Crippen molar-refractivity contribution < 1.29 is 17.9 Å². The number of benzene rings is 1. The SMILES string of the molecule is COC(C(=O)C1CCCC(S(C)(=O)=O)C1)c1ccccc1. The average molecular weight is 310 g/mol. The Morgan fingerprint density at radius 2 is 1.90 bits per heavy atom. The van der Waals surface area contributed by atoms with E-state index in [1.165, 1.54) is 13.4 Å². The molecule has 3 unspecified atom stereocenters. The number of methoxy groups -OCH3 is 1. The summed E-state index contributed by atoms with van der Waals surface area (Å²) in [7, 11) is -1.56. The van der Waals surface area contributed by atoms with Crippen LogP contribution in [-0.4, -0.2) is 32.8 Å². The third kappa shape index (κ3) is 3.92. The molecule has 1 aromatic carbocycles. The van der Waals surface area contributed by atoms with E-state index >= 15 is 0 Å². The maximum atomic E-state index is 12.7. The molecule has 0 aliphatic heterocycles. The minimum absolute atomic E-state index is 0.00273. The van der Waals surface area contributed by atoms with Crippen LogP contribution in [0.2, 0.25) is 0 Å². The molecule has 0 saturated heterocycles. The van der Waals surface area contributed by atoms with E-state index in [1.54, 1.807) is 0 Å². The Hall–Kier alpha value is -1.20. The van der Waals surface area contributed by atoms with Gasteiger partial charge in [0.25, 0.3) is 0 Å². The van der Waals surface area contributed by atoms with Crippen molar-refractivity contribution in [1.29, 1.82) is 0 Å². The Morgan fingerprint density at radius 1 is 1.24 bits per heavy atom. The topological polar surface area (TPSA) is 60.4 Å². The molecule has 0 amide bonds. The molecule has 1 saturated carbocycles. The summed E-state index contributed by atoms with van der Waals surface area (Å²) in [6.45, 7) is 0. The molecule has 21 heavy (non-hydrogen) atoms. The van der Waals surface area contributed by atoms with Gasteiger partial charge in [0.1, 0.15) is 15.9 Å². The molecule has 1 aromatic rings. The maximum Gasteiger partial charge on any atom is 0.169 e. The van der Waals surface area contributed by atoms with Crippen LogP contribution in [0.4, 0.5) is 0 Å². The Morgan fingerprint density at radius 3 is 2.48 bits per heavy atom. The van der Waals surface area contributed by atoms with E-state index in [0.717, 1.165) is 18.4 Å². The van der Waals surface area contributed by atoms with Crippen molar-refractivity contribution in [3.8, 4) is 0 Å². The fourth-order valence-corrected chi connectivity index (χ4v) is 4.23. The van der Waals surface area contributed by atoms with Crippen molar-refractivity contribution in [3.63, 3.8) is 0 Å². The van der Waals surface area contributed by atoms with Crippen molar-refractivity contribution in [3.05, 3.63) is 35.9 Å². The second-order valence-corrected chi connectivity index (χ2v) is 8.07. The molecule has 116 valence electrons. The number of Topliss-reactive ketones (excluding diaryl/α,β-unsaturated/α-hetero) is 1. The molecule has 0 bridgehead atoms. The molecule has 0 spiro atoms. The van der Waals surface area contributed by atoms with E-state index in [2.05, 4.69) is 0 Å². The summed E-state index contributed by atoms with van der Waals surface area (Å²) in [6, 6.07) is 9.36. The first-order valence-electron chi connectivity index (χ1n) is 7.24. The molecule has 0 N–H and O–H groups in total. The Bertz CT molecular complexity index is 580. The first-order chi connectivity index (χ1) is 9.93. The zero-order chi connectivity index (χ0) is 15.5. The van der Waals surface area contributed by atoms with Gasteiger partial charge in [-0.3, -0.25) is 4.79 Å². The van der Waals surface area contributed by atoms with E-state index in [1.807, 2.05) is 30.3 Å². The van der Waals surface area contributed by atoms with Gasteiger partial charge in [-0.25, -0.2) is 8.42 Å². The van der Waals surface area contributed by atoms with Crippen LogP contribution in [0.5, 0.6) is 0 Å². The predicted octanol–water partition coefficient (Wildman–Crippen LogP) is 2.55. The number of ketones is 1. The highest BCUT2D eigenvalue weighted by Gasteiger charge is 2.35. The molecule has 5 heteroatoms. The number of hydrogen-bond donors (Lipinski definition) is 0. The summed E-state index contributed by atoms with van der Waals surface area (Å²) in [4.78, 5) is 12.7. The highest BCUT2D eigenvalue weighted by molar-refractivity contribution is 7.91. The van der Waals surface area contributed by atoms with E-state index in [0.29, 0.717) is 12.8 Å². The van der Waals surface area contributed by atoms with Crippen molar-refractivity contribution in [2.75, 3.05) is 13.4 Å². The van der Waals surface area contributed by atoms with Crippen LogP contribution in [0.1, 0.15) is 37.4 Å². The van der Waals surface area contributed by atoms with Crippen LogP contribution in [-0.2, 0) is 19.4 Å². The van der Waals surface area contributed by atoms with Crippen LogP contribution in [0.25, 0.3) is 0 Å². The van der Waals surface area contributed by atoms with Crippen molar-refractivity contribution in [1.82, 2.24) is 0 Å². The van der Waals surface area contributed by atoms with Crippen molar-refractivity contribution >= 4 is 15.6 Å². The molecular formula is C16H22O4S. The van der Waals surface area contributed by atoms with Crippen molar-refractivity contribution in [2.45, 2.75) is 37.0 Å². The molecule has 3 atom stereocenters. The van der Waals surface area contributed by atoms with E-state index in [9.17, 15) is 13.2 Å². The molecule has 2 rings (SSSR count). The number of sulfone groups is 1. The number of carbonyl (C=O) groups is 1. The lowest BCUT2D eigenvalue weighted by Crippen LogP contribution is -2.33. The van der Waals surface area contributed by atoms with Gasteiger partial charge in [-0.15, -0.1) is 0 Å². The molecule has 0 radical (unpaired) electrons. The lowest BCUT2D eigenvalue weighted by Gasteiger charge is -2.29. The monoisotopic (exact) mass is 310 g/mol. The number of hydrogen-bond acceptors (Lipinski definition) is 4. The van der Waals surface area contributed by atoms with Crippen LogP contribution in [0.15, 0.2) is 30.3 Å². The summed E-state index contributed by atoms with van der Waals surface area (Å²) in [5.74, 6) is -0.235. The fourth-order valence-electron chi connectivity index (χ4n) is 3.05. The summed E-state index contributed by atoms with van der Waals surface area (Å²) in [5.41, 5.74) is 0.825. The smallest absolute Gasteiger partial charge is 0.169 e. The molecule has 0 aromatic heterocycles. The van der Waals surface area contributed by atoms with Gasteiger partial charge in [0, 0.05) is 19.3 Å². The average Bonchev–Trinajstić information content (AvgIpc) is 2.48. The molecule has 0 heterocycles. The standard InChI is InChI=1S/C16H22O4S/c1-20-16(12-7-4-3-5-8-12)15(17)13-9-6-10-14(11-13)21(2,18)19/h3-5,7-8,13-14,16H,6,9-11H2,1-2H3. The zero-order valence-corrected chi connectivity index (χ0v) is 13.3. The molecule has 1 aliphatic carbocycles. The first kappa shape index (κ1) is 16.2. The Balaban J connectivity index is 2.15. The minimum atomic E-state index is -3.08. The Labute approximate surface area is 126 Å². The van der Waals surface area contributed by atoms with Gasteiger partial charge in [-0.2, -0.15) is 0 Å². The van der Waals surface area contributed by atoms with E-state index in [-0.39, 0.29) is 11.7 Å². The van der Waals surface area contributed by atoms with E-state index < -0.39 is 21.2 Å². The van der Waals surface area contributed by atoms with Crippen LogP contribution in [0, 0.1) is 5.92 Å². The molecule has 1 aliphatic rings. The van der Waals surface area contributed by atoms with E-state index in [4.69, 9.17) is 4.74 Å². The second kappa shape index (κ2) is 6.71. The third-order valence-electron chi connectivity index (χ3n) is 4.23. The normalized spacial score (nSPS) is 24.5. The van der Waals surface area contributed by atoms with Gasteiger partial charge in [-0.1, -0.05) is 36.8 Å². The second-order valence-electron chi connectivity index (χ2n) is 5.74. The van der Waals surface area contributed by atoms with Gasteiger partial charge in [0.15, 0.2) is 5.78 Å². The highest BCUT2D eigenvalue weighted by atomic mass is 32.2. The zero-order valence-electron chi connectivity index (χ0n) is 12.5. The largest absolute Gasteiger partial charge is 0.369 e. The lowest BCUT2D eigenvalue weighted by molar-refractivity contribution is -0.134. The van der Waals surface area contributed by atoms with Gasteiger partial charge in [0.05, 0.1) is 5.25 Å². The number of ether oxygens (including phenoxy) is 1. The highest BCUT2D eigenvalue weighted by Crippen LogP contribution is 2.33. The maximum absolute atomic E-state index is 12.7. The summed E-state index contributed by atoms with van der Waals surface area (Å²) < 4.78 is 28.8. The van der Waals surface area contributed by atoms with Gasteiger partial charge < -0.3 is 4.74 Å². The summed E-state index contributed by atoms with van der Waals surface area (Å²) >= 11 is 0. The summed E-state index contributed by atoms with van der Waals surface area (Å²) in [6.07, 6.45) is 3.26. The fraction of sp³-hybridized carbons (Fsp3) is 0.562. The minimum Gasteiger partial charge on any atom is -0.369 e. The quantitative estimate of drug-likeness (QED) is 0.838. The van der Waals surface area contributed by atoms with Crippen LogP contribution >= 0.6 is 0 Å². The van der Waals surface area contributed by atoms with Gasteiger partial charge >= 0.3 is 0 Å². The van der Waals surface area contributed by atoms with Gasteiger partial charge in [-0.05, 0) is 24.8 Å². The lowest BCUT2D eigenvalue weighted by atomic mass is 9.83. The van der Waals surface area contributed by atoms with Gasteiger partial charge in [0.2, 0.25) is 0 Å². The predicted molar refractivity (Wildman–Crippen MR) is 81.8 cm³/mol. The van der Waals surface area contributed by atoms with Crippen molar-refractivity contribution in [2.24, 2.45) is 5.92 Å². The first-order valence-corrected chi connectivity index (χ1v) is 9.19.